The van der Waals surface area contributed by atoms with Crippen molar-refractivity contribution in [3.8, 4) is 11.5 Å². The van der Waals surface area contributed by atoms with Crippen molar-refractivity contribution in [3.63, 3.8) is 0 Å². The van der Waals surface area contributed by atoms with Crippen molar-refractivity contribution in [1.82, 2.24) is 25.4 Å². The third-order valence-corrected chi connectivity index (χ3v) is 3.79. The summed E-state index contributed by atoms with van der Waals surface area (Å²) < 4.78 is 12.2. The zero-order valence-corrected chi connectivity index (χ0v) is 18.3. The molecule has 0 spiro atoms. The largest absolute Gasteiger partial charge is 0.497 e. The minimum atomic E-state index is -0.793. The van der Waals surface area contributed by atoms with Crippen molar-refractivity contribution in [2.24, 2.45) is 12.0 Å². The second kappa shape index (κ2) is 11.6. The molecule has 0 saturated heterocycles. The van der Waals surface area contributed by atoms with E-state index in [-0.39, 0.29) is 30.5 Å². The predicted molar refractivity (Wildman–Crippen MR) is 114 cm³/mol. The minimum absolute atomic E-state index is 0. The monoisotopic (exact) mass is 490 g/mol. The van der Waals surface area contributed by atoms with Gasteiger partial charge in [-0.15, -0.1) is 24.0 Å². The fraction of sp³-hybridized carbons (Fsp3) is 0.471. The molecule has 1 heterocycles. The van der Waals surface area contributed by atoms with Gasteiger partial charge in [-0.05, 0) is 25.1 Å². The van der Waals surface area contributed by atoms with Gasteiger partial charge in [0.15, 0.2) is 5.96 Å². The zero-order valence-electron chi connectivity index (χ0n) is 16.0. The van der Waals surface area contributed by atoms with Crippen molar-refractivity contribution in [2.75, 3.05) is 27.3 Å². The normalized spacial score (nSPS) is 12.1. The molecule has 1 aromatic heterocycles. The first-order chi connectivity index (χ1) is 12.6. The van der Waals surface area contributed by atoms with Crippen molar-refractivity contribution < 1.29 is 14.6 Å². The Balaban J connectivity index is 0.00000364. The molecule has 0 aliphatic rings. The van der Waals surface area contributed by atoms with Crippen LogP contribution in [0.1, 0.15) is 24.4 Å². The Hall–Kier alpha value is -2.08. The molecule has 0 aliphatic heterocycles. The maximum Gasteiger partial charge on any atom is 0.191 e. The number of aliphatic hydroxyl groups excluding tert-OH is 1. The number of benzene rings is 1. The molecule has 2 rings (SSSR count). The summed E-state index contributed by atoms with van der Waals surface area (Å²) >= 11 is 0. The average molecular weight is 490 g/mol. The number of hydrogen-bond donors (Lipinski definition) is 3. The fourth-order valence-corrected chi connectivity index (χ4v) is 2.36. The number of aryl methyl sites for hydroxylation is 1. The van der Waals surface area contributed by atoms with Crippen LogP contribution in [0.3, 0.4) is 0 Å². The van der Waals surface area contributed by atoms with Crippen LogP contribution in [0.5, 0.6) is 11.5 Å². The Bertz CT molecular complexity index is 737. The van der Waals surface area contributed by atoms with Gasteiger partial charge in [0.1, 0.15) is 30.2 Å². The summed E-state index contributed by atoms with van der Waals surface area (Å²) in [7, 11) is 4.97. The number of rotatable bonds is 8. The maximum absolute atomic E-state index is 10.6. The highest BCUT2D eigenvalue weighted by molar-refractivity contribution is 14.0. The molecular weight excluding hydrogens is 463 g/mol. The van der Waals surface area contributed by atoms with E-state index >= 15 is 0 Å². The molecule has 3 N–H and O–H groups in total. The summed E-state index contributed by atoms with van der Waals surface area (Å²) in [5.41, 5.74) is 0.642. The van der Waals surface area contributed by atoms with Gasteiger partial charge >= 0.3 is 0 Å². The van der Waals surface area contributed by atoms with Gasteiger partial charge in [0.25, 0.3) is 0 Å². The van der Waals surface area contributed by atoms with E-state index in [9.17, 15) is 5.11 Å². The highest BCUT2D eigenvalue weighted by atomic mass is 127. The van der Waals surface area contributed by atoms with Crippen molar-refractivity contribution in [1.29, 1.82) is 0 Å². The summed E-state index contributed by atoms with van der Waals surface area (Å²) in [6, 6.07) is 5.31. The summed E-state index contributed by atoms with van der Waals surface area (Å²) in [4.78, 5) is 8.60. The molecule has 1 aromatic carbocycles. The first kappa shape index (κ1) is 23.0. The van der Waals surface area contributed by atoms with Gasteiger partial charge in [0, 0.05) is 25.7 Å². The Labute approximate surface area is 176 Å². The van der Waals surface area contributed by atoms with Crippen LogP contribution in [-0.2, 0) is 13.6 Å². The van der Waals surface area contributed by atoms with Crippen LogP contribution in [0.15, 0.2) is 29.5 Å². The summed E-state index contributed by atoms with van der Waals surface area (Å²) in [6.45, 7) is 3.31. The van der Waals surface area contributed by atoms with Crippen LogP contribution in [-0.4, -0.2) is 53.1 Å². The molecule has 2 aromatic rings. The van der Waals surface area contributed by atoms with Gasteiger partial charge in [-0.3, -0.25) is 4.68 Å². The predicted octanol–water partition coefficient (Wildman–Crippen LogP) is 1.24. The molecule has 0 bridgehead atoms. The van der Waals surface area contributed by atoms with E-state index in [0.29, 0.717) is 36.1 Å². The highest BCUT2D eigenvalue weighted by Crippen LogP contribution is 2.29. The van der Waals surface area contributed by atoms with E-state index in [1.807, 2.05) is 14.0 Å². The quantitative estimate of drug-likeness (QED) is 0.291. The van der Waals surface area contributed by atoms with E-state index in [0.717, 1.165) is 5.82 Å². The lowest BCUT2D eigenvalue weighted by molar-refractivity contribution is 0.176. The molecule has 27 heavy (non-hydrogen) atoms. The smallest absolute Gasteiger partial charge is 0.191 e. The molecule has 1 atom stereocenters. The lowest BCUT2D eigenvalue weighted by atomic mass is 10.1. The topological polar surface area (TPSA) is 106 Å². The number of aromatic nitrogens is 3. The third-order valence-electron chi connectivity index (χ3n) is 3.79. The number of aliphatic hydroxyl groups is 1. The van der Waals surface area contributed by atoms with Crippen LogP contribution in [0.4, 0.5) is 0 Å². The van der Waals surface area contributed by atoms with Crippen LogP contribution >= 0.6 is 24.0 Å². The van der Waals surface area contributed by atoms with Gasteiger partial charge in [-0.1, -0.05) is 0 Å². The van der Waals surface area contributed by atoms with Crippen LogP contribution in [0, 0.1) is 0 Å². The molecule has 0 radical (unpaired) electrons. The van der Waals surface area contributed by atoms with E-state index < -0.39 is 6.10 Å². The Kier molecular flexibility index (Phi) is 9.86. The summed E-state index contributed by atoms with van der Waals surface area (Å²) in [6.07, 6.45) is 0.697. The van der Waals surface area contributed by atoms with Crippen molar-refractivity contribution in [3.05, 3.63) is 35.9 Å². The van der Waals surface area contributed by atoms with Crippen molar-refractivity contribution in [2.45, 2.75) is 19.6 Å². The van der Waals surface area contributed by atoms with Crippen LogP contribution in [0.2, 0.25) is 0 Å². The zero-order chi connectivity index (χ0) is 18.9. The second-order valence-corrected chi connectivity index (χ2v) is 5.50. The van der Waals surface area contributed by atoms with Gasteiger partial charge in [-0.25, -0.2) is 9.98 Å². The number of methoxy groups -OCH3 is 2. The third kappa shape index (κ3) is 6.54. The number of aliphatic imine (C=N–C) groups is 1. The molecule has 10 heteroatoms. The SMILES string of the molecule is CCNC(=NCc1ncnn1C)NCC(O)c1cc(OC)ccc1OC.I. The summed E-state index contributed by atoms with van der Waals surface area (Å²) in [5.74, 6) is 2.58. The Morgan fingerprint density at radius 2 is 2.07 bits per heavy atom. The lowest BCUT2D eigenvalue weighted by Crippen LogP contribution is -2.39. The number of hydrogen-bond acceptors (Lipinski definition) is 6. The number of nitrogens with zero attached hydrogens (tertiary/aromatic N) is 4. The van der Waals surface area contributed by atoms with Gasteiger partial charge < -0.3 is 25.2 Å². The Morgan fingerprint density at radius 3 is 2.67 bits per heavy atom. The highest BCUT2D eigenvalue weighted by Gasteiger charge is 2.15. The molecule has 9 nitrogen and oxygen atoms in total. The van der Waals surface area contributed by atoms with Gasteiger partial charge in [-0.2, -0.15) is 5.10 Å². The first-order valence-electron chi connectivity index (χ1n) is 8.34. The van der Waals surface area contributed by atoms with Crippen molar-refractivity contribution >= 4 is 29.9 Å². The number of nitrogens with one attached hydrogen (secondary N) is 2. The maximum atomic E-state index is 10.6. The van der Waals surface area contributed by atoms with Crippen LogP contribution in [0.25, 0.3) is 0 Å². The first-order valence-corrected chi connectivity index (χ1v) is 8.34. The molecule has 1 unspecified atom stereocenters. The van der Waals surface area contributed by atoms with E-state index in [1.165, 1.54) is 6.33 Å². The van der Waals surface area contributed by atoms with E-state index in [2.05, 4.69) is 25.7 Å². The molecular formula is C17H27IN6O3. The summed E-state index contributed by atoms with van der Waals surface area (Å²) in [5, 5.41) is 20.8. The van der Waals surface area contributed by atoms with E-state index in [4.69, 9.17) is 9.47 Å². The second-order valence-electron chi connectivity index (χ2n) is 5.50. The molecule has 0 aliphatic carbocycles. The number of halogens is 1. The average Bonchev–Trinajstić information content (AvgIpc) is 3.08. The molecule has 0 amide bonds. The molecule has 0 saturated carbocycles. The fourth-order valence-electron chi connectivity index (χ4n) is 2.36. The lowest BCUT2D eigenvalue weighted by Gasteiger charge is -2.18. The van der Waals surface area contributed by atoms with E-state index in [1.54, 1.807) is 37.1 Å². The van der Waals surface area contributed by atoms with Gasteiger partial charge in [0.2, 0.25) is 0 Å². The standard InChI is InChI=1S/C17H26N6O3.HI/c1-5-18-17(20-10-16-21-11-22-23(16)2)19-9-14(24)13-8-12(25-3)6-7-15(13)26-4;/h6-8,11,14,24H,5,9-10H2,1-4H3,(H2,18,19,20);1H. The molecule has 150 valence electrons. The number of guanidine groups is 1. The van der Waals surface area contributed by atoms with Crippen LogP contribution < -0.4 is 20.1 Å². The van der Waals surface area contributed by atoms with Gasteiger partial charge in [0.05, 0.1) is 20.3 Å². The minimum Gasteiger partial charge on any atom is -0.497 e. The number of ether oxygens (including phenoxy) is 2. The molecule has 0 fully saturated rings. The Morgan fingerprint density at radius 1 is 1.30 bits per heavy atom.